The first-order chi connectivity index (χ1) is 9.70. The molecule has 0 radical (unpaired) electrons. The third kappa shape index (κ3) is 2.21. The van der Waals surface area contributed by atoms with Crippen LogP contribution in [0.15, 0.2) is 41.8 Å². The molecule has 0 aliphatic heterocycles. The van der Waals surface area contributed by atoms with Gasteiger partial charge < -0.3 is 4.74 Å². The van der Waals surface area contributed by atoms with Crippen LogP contribution < -0.4 is 4.74 Å². The Morgan fingerprint density at radius 3 is 2.90 bits per heavy atom. The molecule has 2 aromatic heterocycles. The van der Waals surface area contributed by atoms with Gasteiger partial charge in [-0.05, 0) is 36.6 Å². The lowest BCUT2D eigenvalue weighted by Crippen LogP contribution is -2.12. The van der Waals surface area contributed by atoms with Crippen LogP contribution in [0.4, 0.5) is 0 Å². The maximum absolute atomic E-state index is 12.6. The van der Waals surface area contributed by atoms with Crippen LogP contribution in [0.1, 0.15) is 16.6 Å². The molecule has 0 amide bonds. The summed E-state index contributed by atoms with van der Waals surface area (Å²) in [7, 11) is 0. The van der Waals surface area contributed by atoms with E-state index in [1.807, 2.05) is 42.6 Å². The summed E-state index contributed by atoms with van der Waals surface area (Å²) in [6.07, 6.45) is 0. The zero-order valence-corrected chi connectivity index (χ0v) is 12.4. The second kappa shape index (κ2) is 5.31. The molecular weight excluding hydrogens is 294 g/mol. The van der Waals surface area contributed by atoms with E-state index in [4.69, 9.17) is 16.3 Å². The van der Waals surface area contributed by atoms with Crippen molar-refractivity contribution in [2.45, 2.75) is 6.92 Å². The van der Waals surface area contributed by atoms with E-state index in [1.165, 1.54) is 11.3 Å². The first-order valence-electron chi connectivity index (χ1n) is 6.22. The maximum Gasteiger partial charge on any atom is 0.275 e. The number of hydrogen-bond acceptors (Lipinski definition) is 3. The SMILES string of the molecule is CCOc1cc2cc(Cl)ccc2n1C(=O)c1cccs1. The van der Waals surface area contributed by atoms with Crippen LogP contribution in [0, 0.1) is 0 Å². The molecule has 1 aromatic carbocycles. The van der Waals surface area contributed by atoms with Crippen LogP contribution in [0.25, 0.3) is 10.9 Å². The molecular formula is C15H12ClNO2S. The van der Waals surface area contributed by atoms with Gasteiger partial charge in [0.2, 0.25) is 5.88 Å². The Bertz CT molecular complexity index is 762. The van der Waals surface area contributed by atoms with Crippen molar-refractivity contribution in [2.75, 3.05) is 6.61 Å². The number of benzene rings is 1. The highest BCUT2D eigenvalue weighted by molar-refractivity contribution is 7.12. The third-order valence-corrected chi connectivity index (χ3v) is 4.05. The predicted molar refractivity (Wildman–Crippen MR) is 82.2 cm³/mol. The molecule has 0 saturated carbocycles. The summed E-state index contributed by atoms with van der Waals surface area (Å²) >= 11 is 7.42. The van der Waals surface area contributed by atoms with Crippen molar-refractivity contribution in [1.29, 1.82) is 0 Å². The van der Waals surface area contributed by atoms with Gasteiger partial charge in [0.25, 0.3) is 5.91 Å². The topological polar surface area (TPSA) is 31.2 Å². The van der Waals surface area contributed by atoms with Gasteiger partial charge in [0.05, 0.1) is 17.0 Å². The fourth-order valence-corrected chi connectivity index (χ4v) is 2.97. The summed E-state index contributed by atoms with van der Waals surface area (Å²) in [6, 6.07) is 11.0. The Kier molecular flexibility index (Phi) is 3.51. The Morgan fingerprint density at radius 1 is 1.35 bits per heavy atom. The summed E-state index contributed by atoms with van der Waals surface area (Å²) in [5, 5.41) is 3.42. The van der Waals surface area contributed by atoms with E-state index < -0.39 is 0 Å². The number of carbonyl (C=O) groups is 1. The number of rotatable bonds is 3. The molecule has 3 rings (SSSR count). The number of ether oxygens (including phenoxy) is 1. The lowest BCUT2D eigenvalue weighted by Gasteiger charge is -2.08. The molecule has 3 nitrogen and oxygen atoms in total. The summed E-state index contributed by atoms with van der Waals surface area (Å²) < 4.78 is 7.18. The molecule has 102 valence electrons. The van der Waals surface area contributed by atoms with Crippen molar-refractivity contribution in [3.05, 3.63) is 51.7 Å². The standard InChI is InChI=1S/C15H12ClNO2S/c1-2-19-14-9-10-8-11(16)5-6-12(10)17(14)15(18)13-4-3-7-20-13/h3-9H,2H2,1H3. The molecule has 0 fully saturated rings. The molecule has 2 heterocycles. The lowest BCUT2D eigenvalue weighted by atomic mass is 10.2. The van der Waals surface area contributed by atoms with Crippen molar-refractivity contribution in [1.82, 2.24) is 4.57 Å². The number of aromatic nitrogens is 1. The van der Waals surface area contributed by atoms with Gasteiger partial charge in [-0.2, -0.15) is 0 Å². The van der Waals surface area contributed by atoms with Gasteiger partial charge in [0.1, 0.15) is 0 Å². The Hall–Kier alpha value is -1.78. The minimum absolute atomic E-state index is 0.0826. The molecule has 5 heteroatoms. The summed E-state index contributed by atoms with van der Waals surface area (Å²) in [5.41, 5.74) is 0.802. The Labute approximate surface area is 125 Å². The molecule has 0 atom stereocenters. The quantitative estimate of drug-likeness (QED) is 0.716. The van der Waals surface area contributed by atoms with Crippen LogP contribution in [0.3, 0.4) is 0 Å². The second-order valence-electron chi connectivity index (χ2n) is 4.24. The number of carbonyl (C=O) groups excluding carboxylic acids is 1. The van der Waals surface area contributed by atoms with E-state index in [0.29, 0.717) is 22.4 Å². The summed E-state index contributed by atoms with van der Waals surface area (Å²) in [5.74, 6) is 0.462. The average molecular weight is 306 g/mol. The van der Waals surface area contributed by atoms with E-state index in [0.717, 1.165) is 10.9 Å². The summed E-state index contributed by atoms with van der Waals surface area (Å²) in [4.78, 5) is 13.3. The van der Waals surface area contributed by atoms with Crippen LogP contribution >= 0.6 is 22.9 Å². The zero-order chi connectivity index (χ0) is 14.1. The minimum atomic E-state index is -0.0826. The smallest absolute Gasteiger partial charge is 0.275 e. The van der Waals surface area contributed by atoms with Crippen molar-refractivity contribution in [3.8, 4) is 5.88 Å². The monoisotopic (exact) mass is 305 g/mol. The number of halogens is 1. The summed E-state index contributed by atoms with van der Waals surface area (Å²) in [6.45, 7) is 2.40. The van der Waals surface area contributed by atoms with Crippen molar-refractivity contribution in [2.24, 2.45) is 0 Å². The largest absolute Gasteiger partial charge is 0.479 e. The highest BCUT2D eigenvalue weighted by atomic mass is 35.5. The first-order valence-corrected chi connectivity index (χ1v) is 7.48. The van der Waals surface area contributed by atoms with Crippen molar-refractivity contribution >= 4 is 39.7 Å². The molecule has 0 saturated heterocycles. The highest BCUT2D eigenvalue weighted by Gasteiger charge is 2.18. The molecule has 0 aliphatic rings. The fourth-order valence-electron chi connectivity index (χ4n) is 2.13. The molecule has 0 spiro atoms. The first kappa shape index (κ1) is 13.2. The Morgan fingerprint density at radius 2 is 2.20 bits per heavy atom. The molecule has 0 bridgehead atoms. The Balaban J connectivity index is 2.21. The van der Waals surface area contributed by atoms with Crippen molar-refractivity contribution in [3.63, 3.8) is 0 Å². The molecule has 3 aromatic rings. The number of nitrogens with zero attached hydrogens (tertiary/aromatic N) is 1. The van der Waals surface area contributed by atoms with Gasteiger partial charge in [0.15, 0.2) is 0 Å². The molecule has 20 heavy (non-hydrogen) atoms. The van der Waals surface area contributed by atoms with Crippen LogP contribution in [0.2, 0.25) is 5.02 Å². The van der Waals surface area contributed by atoms with Gasteiger partial charge in [-0.3, -0.25) is 4.79 Å². The number of hydrogen-bond donors (Lipinski definition) is 0. The fraction of sp³-hybridized carbons (Fsp3) is 0.133. The molecule has 0 aliphatic carbocycles. The van der Waals surface area contributed by atoms with E-state index in [1.54, 1.807) is 10.6 Å². The van der Waals surface area contributed by atoms with Gasteiger partial charge >= 0.3 is 0 Å². The average Bonchev–Trinajstić information content (AvgIpc) is 3.05. The highest BCUT2D eigenvalue weighted by Crippen LogP contribution is 2.29. The lowest BCUT2D eigenvalue weighted by molar-refractivity contribution is 0.0957. The predicted octanol–water partition coefficient (Wildman–Crippen LogP) is 4.44. The van der Waals surface area contributed by atoms with E-state index in [2.05, 4.69) is 0 Å². The van der Waals surface area contributed by atoms with E-state index in [-0.39, 0.29) is 5.91 Å². The van der Waals surface area contributed by atoms with Gasteiger partial charge in [-0.25, -0.2) is 4.57 Å². The normalized spacial score (nSPS) is 10.9. The van der Waals surface area contributed by atoms with Crippen LogP contribution in [-0.2, 0) is 0 Å². The maximum atomic E-state index is 12.6. The minimum Gasteiger partial charge on any atom is -0.479 e. The van der Waals surface area contributed by atoms with Gasteiger partial charge in [-0.1, -0.05) is 17.7 Å². The van der Waals surface area contributed by atoms with Crippen LogP contribution in [0.5, 0.6) is 5.88 Å². The third-order valence-electron chi connectivity index (χ3n) is 2.96. The van der Waals surface area contributed by atoms with E-state index in [9.17, 15) is 4.79 Å². The zero-order valence-electron chi connectivity index (χ0n) is 10.8. The van der Waals surface area contributed by atoms with Gasteiger partial charge in [-0.15, -0.1) is 11.3 Å². The van der Waals surface area contributed by atoms with Crippen LogP contribution in [-0.4, -0.2) is 17.1 Å². The molecule has 0 N–H and O–H groups in total. The molecule has 0 unspecified atom stereocenters. The van der Waals surface area contributed by atoms with E-state index >= 15 is 0 Å². The van der Waals surface area contributed by atoms with Crippen molar-refractivity contribution < 1.29 is 9.53 Å². The number of thiophene rings is 1. The van der Waals surface area contributed by atoms with Gasteiger partial charge in [0, 0.05) is 16.5 Å². The number of fused-ring (bicyclic) bond motifs is 1. The second-order valence-corrected chi connectivity index (χ2v) is 5.62.